The maximum Gasteiger partial charge on any atom is 0.271 e. The van der Waals surface area contributed by atoms with Gasteiger partial charge < -0.3 is 23.9 Å². The monoisotopic (exact) mass is 441 g/mol. The van der Waals surface area contributed by atoms with Crippen LogP contribution in [0, 0.1) is 5.92 Å². The van der Waals surface area contributed by atoms with Crippen molar-refractivity contribution < 1.29 is 18.7 Å². The molecule has 3 heterocycles. The average Bonchev–Trinajstić information content (AvgIpc) is 3.44. The van der Waals surface area contributed by atoms with Crippen LogP contribution < -0.4 is 5.32 Å². The molecule has 2 aromatic rings. The van der Waals surface area contributed by atoms with Crippen molar-refractivity contribution >= 4 is 11.8 Å². The van der Waals surface area contributed by atoms with Crippen LogP contribution in [0.4, 0.5) is 0 Å². The lowest BCUT2D eigenvalue weighted by Crippen LogP contribution is -2.65. The van der Waals surface area contributed by atoms with Gasteiger partial charge in [0, 0.05) is 25.8 Å². The van der Waals surface area contributed by atoms with Crippen molar-refractivity contribution in [1.82, 2.24) is 14.8 Å². The zero-order chi connectivity index (χ0) is 22.7. The molecule has 3 atom stereocenters. The van der Waals surface area contributed by atoms with Crippen LogP contribution in [0.15, 0.2) is 34.9 Å². The van der Waals surface area contributed by atoms with E-state index in [9.17, 15) is 9.59 Å². The topological polar surface area (TPSA) is 76.7 Å². The van der Waals surface area contributed by atoms with Crippen molar-refractivity contribution in [2.24, 2.45) is 5.92 Å². The largest absolute Gasteiger partial charge is 0.463 e. The molecule has 1 fully saturated rings. The highest BCUT2D eigenvalue weighted by atomic mass is 16.5. The van der Waals surface area contributed by atoms with Gasteiger partial charge in [-0.15, -0.1) is 0 Å². The average molecular weight is 442 g/mol. The van der Waals surface area contributed by atoms with Crippen molar-refractivity contribution in [1.29, 1.82) is 0 Å². The van der Waals surface area contributed by atoms with Crippen LogP contribution in [-0.2, 0) is 16.1 Å². The number of hydrogen-bond acceptors (Lipinski definition) is 4. The number of fused-ring (bicyclic) bond motifs is 1. The lowest BCUT2D eigenvalue weighted by atomic mass is 9.85. The second-order valence-corrected chi connectivity index (χ2v) is 9.29. The molecule has 7 nitrogen and oxygen atoms in total. The number of furan rings is 1. The number of carbonyl (C=O) groups excluding carboxylic acids is 2. The Balaban J connectivity index is 1.64. The Bertz CT molecular complexity index is 935. The Morgan fingerprint density at radius 2 is 2.03 bits per heavy atom. The molecular weight excluding hydrogens is 406 g/mol. The molecular formula is C25H35N3O4. The molecule has 1 aliphatic heterocycles. The molecule has 7 heteroatoms. The molecule has 0 unspecified atom stereocenters. The molecule has 1 saturated carbocycles. The van der Waals surface area contributed by atoms with Crippen LogP contribution in [0.1, 0.15) is 63.4 Å². The SMILES string of the molecule is CCOCCCN1C(=O)c2ccc(-c3ccco3)n2C[C@]1(C)C(=O)N[C@H]1CCCC[C@@H]1C. The quantitative estimate of drug-likeness (QED) is 0.626. The summed E-state index contributed by atoms with van der Waals surface area (Å²) in [6.45, 7) is 8.12. The van der Waals surface area contributed by atoms with E-state index in [-0.39, 0.29) is 17.9 Å². The van der Waals surface area contributed by atoms with Crippen molar-refractivity contribution in [3.8, 4) is 11.5 Å². The third kappa shape index (κ3) is 4.22. The number of hydrogen-bond donors (Lipinski definition) is 1. The predicted octanol–water partition coefficient (Wildman–Crippen LogP) is 4.08. The number of nitrogens with one attached hydrogen (secondary N) is 1. The van der Waals surface area contributed by atoms with Gasteiger partial charge in [0.25, 0.3) is 5.91 Å². The van der Waals surface area contributed by atoms with Gasteiger partial charge >= 0.3 is 0 Å². The zero-order valence-corrected chi connectivity index (χ0v) is 19.4. The molecule has 174 valence electrons. The van der Waals surface area contributed by atoms with Gasteiger partial charge in [-0.3, -0.25) is 9.59 Å². The second-order valence-electron chi connectivity index (χ2n) is 9.29. The predicted molar refractivity (Wildman–Crippen MR) is 122 cm³/mol. The molecule has 32 heavy (non-hydrogen) atoms. The molecule has 0 radical (unpaired) electrons. The van der Waals surface area contributed by atoms with Gasteiger partial charge in [-0.05, 0) is 63.3 Å². The smallest absolute Gasteiger partial charge is 0.271 e. The molecule has 2 amide bonds. The first-order valence-electron chi connectivity index (χ1n) is 11.9. The first kappa shape index (κ1) is 22.6. The molecule has 1 N–H and O–H groups in total. The van der Waals surface area contributed by atoms with Gasteiger partial charge in [0.15, 0.2) is 0 Å². The number of ether oxygens (including phenoxy) is 1. The summed E-state index contributed by atoms with van der Waals surface area (Å²) in [6, 6.07) is 7.59. The van der Waals surface area contributed by atoms with Crippen LogP contribution in [0.3, 0.4) is 0 Å². The van der Waals surface area contributed by atoms with Crippen LogP contribution >= 0.6 is 0 Å². The number of rotatable bonds is 8. The Kier molecular flexibility index (Phi) is 6.74. The summed E-state index contributed by atoms with van der Waals surface area (Å²) in [5.41, 5.74) is 0.412. The van der Waals surface area contributed by atoms with Crippen LogP contribution in [0.25, 0.3) is 11.5 Å². The van der Waals surface area contributed by atoms with E-state index in [0.717, 1.165) is 25.0 Å². The minimum absolute atomic E-state index is 0.0780. The van der Waals surface area contributed by atoms with E-state index in [1.165, 1.54) is 6.42 Å². The number of amides is 2. The molecule has 0 bridgehead atoms. The summed E-state index contributed by atoms with van der Waals surface area (Å²) in [7, 11) is 0. The maximum absolute atomic E-state index is 13.7. The molecule has 0 aromatic carbocycles. The van der Waals surface area contributed by atoms with Crippen LogP contribution in [0.5, 0.6) is 0 Å². The van der Waals surface area contributed by atoms with Gasteiger partial charge in [0.1, 0.15) is 17.0 Å². The first-order valence-corrected chi connectivity index (χ1v) is 11.9. The van der Waals surface area contributed by atoms with Gasteiger partial charge in [-0.1, -0.05) is 19.8 Å². The van der Waals surface area contributed by atoms with E-state index >= 15 is 0 Å². The molecule has 1 aliphatic carbocycles. The molecule has 4 rings (SSSR count). The van der Waals surface area contributed by atoms with Crippen molar-refractivity contribution in [2.45, 2.75) is 71.0 Å². The summed E-state index contributed by atoms with van der Waals surface area (Å²) in [6.07, 6.45) is 6.78. The Morgan fingerprint density at radius 3 is 2.75 bits per heavy atom. The lowest BCUT2D eigenvalue weighted by molar-refractivity contribution is -0.134. The minimum Gasteiger partial charge on any atom is -0.463 e. The Morgan fingerprint density at radius 1 is 1.25 bits per heavy atom. The van der Waals surface area contributed by atoms with Crippen LogP contribution in [0.2, 0.25) is 0 Å². The first-order chi connectivity index (χ1) is 15.5. The zero-order valence-electron chi connectivity index (χ0n) is 19.4. The molecule has 0 saturated heterocycles. The number of aromatic nitrogens is 1. The maximum atomic E-state index is 13.7. The molecule has 2 aromatic heterocycles. The Labute approximate surface area is 190 Å². The number of nitrogens with zero attached hydrogens (tertiary/aromatic N) is 2. The van der Waals surface area contributed by atoms with E-state index in [1.807, 2.05) is 42.7 Å². The summed E-state index contributed by atoms with van der Waals surface area (Å²) in [5, 5.41) is 3.31. The molecule has 2 aliphatic rings. The third-order valence-electron chi connectivity index (χ3n) is 7.07. The highest BCUT2D eigenvalue weighted by molar-refractivity contribution is 6.00. The van der Waals surface area contributed by atoms with E-state index in [1.54, 1.807) is 11.2 Å². The van der Waals surface area contributed by atoms with Crippen LogP contribution in [-0.4, -0.2) is 52.6 Å². The lowest BCUT2D eigenvalue weighted by Gasteiger charge is -2.45. The minimum atomic E-state index is -0.992. The van der Waals surface area contributed by atoms with Crippen molar-refractivity contribution in [3.63, 3.8) is 0 Å². The summed E-state index contributed by atoms with van der Waals surface area (Å²) in [4.78, 5) is 29.1. The fraction of sp³-hybridized carbons (Fsp3) is 0.600. The standard InChI is InChI=1S/C25H35N3O4/c1-4-31-15-8-14-28-23(29)21-13-12-20(22-11-7-16-32-22)27(21)17-25(28,3)24(30)26-19-10-6-5-9-18(19)2/h7,11-13,16,18-19H,4-6,8-10,14-15,17H2,1-3H3,(H,26,30)/t18-,19-,25+/m0/s1. The van der Waals surface area contributed by atoms with E-state index < -0.39 is 5.54 Å². The normalized spacial score (nSPS) is 25.6. The van der Waals surface area contributed by atoms with E-state index in [2.05, 4.69) is 12.2 Å². The van der Waals surface area contributed by atoms with Crippen molar-refractivity contribution in [2.75, 3.05) is 19.8 Å². The van der Waals surface area contributed by atoms with Gasteiger partial charge in [-0.2, -0.15) is 0 Å². The highest BCUT2D eigenvalue weighted by Gasteiger charge is 2.48. The summed E-state index contributed by atoms with van der Waals surface area (Å²) < 4.78 is 13.0. The second kappa shape index (κ2) is 9.53. The van der Waals surface area contributed by atoms with Gasteiger partial charge in [-0.25, -0.2) is 0 Å². The number of carbonyl (C=O) groups is 2. The van der Waals surface area contributed by atoms with E-state index in [4.69, 9.17) is 9.15 Å². The summed E-state index contributed by atoms with van der Waals surface area (Å²) >= 11 is 0. The van der Waals surface area contributed by atoms with Crippen molar-refractivity contribution in [3.05, 3.63) is 36.2 Å². The summed E-state index contributed by atoms with van der Waals surface area (Å²) in [5.74, 6) is 0.936. The Hall–Kier alpha value is -2.54. The fourth-order valence-corrected chi connectivity index (χ4v) is 5.09. The molecule has 0 spiro atoms. The highest BCUT2D eigenvalue weighted by Crippen LogP contribution is 2.34. The van der Waals surface area contributed by atoms with Gasteiger partial charge in [0.2, 0.25) is 5.91 Å². The van der Waals surface area contributed by atoms with E-state index in [0.29, 0.717) is 50.1 Å². The fourth-order valence-electron chi connectivity index (χ4n) is 5.09. The van der Waals surface area contributed by atoms with Gasteiger partial charge in [0.05, 0.1) is 18.5 Å². The third-order valence-corrected chi connectivity index (χ3v) is 7.07.